The Hall–Kier alpha value is -1.35. The molecule has 2 fully saturated rings. The molecule has 0 radical (unpaired) electrons. The predicted octanol–water partition coefficient (Wildman–Crippen LogP) is 3.52. The Kier molecular flexibility index (Phi) is 3.56. The number of benzene rings is 1. The second-order valence-electron chi connectivity index (χ2n) is 6.85. The third kappa shape index (κ3) is 2.48. The molecule has 1 spiro atoms. The Morgan fingerprint density at radius 3 is 2.38 bits per heavy atom. The van der Waals surface area contributed by atoms with Gasteiger partial charge < -0.3 is 0 Å². The first kappa shape index (κ1) is 14.6. The van der Waals surface area contributed by atoms with Crippen LogP contribution in [0.2, 0.25) is 5.02 Å². The number of hydrogen-bond acceptors (Lipinski definition) is 2. The van der Waals surface area contributed by atoms with Crippen LogP contribution in [0.4, 0.5) is 0 Å². The van der Waals surface area contributed by atoms with Crippen molar-refractivity contribution in [1.82, 2.24) is 5.32 Å². The fraction of sp³-hybridized carbons (Fsp3) is 0.529. The quantitative estimate of drug-likeness (QED) is 0.850. The van der Waals surface area contributed by atoms with Gasteiger partial charge in [0.15, 0.2) is 0 Å². The molecule has 1 aliphatic heterocycles. The molecule has 1 aromatic carbocycles. The lowest BCUT2D eigenvalue weighted by atomic mass is 9.50. The van der Waals surface area contributed by atoms with Gasteiger partial charge >= 0.3 is 0 Å². The smallest absolute Gasteiger partial charge is 0.234 e. The van der Waals surface area contributed by atoms with E-state index >= 15 is 0 Å². The Labute approximate surface area is 130 Å². The molecule has 0 aromatic heterocycles. The van der Waals surface area contributed by atoms with Gasteiger partial charge in [0.05, 0.1) is 5.92 Å². The zero-order valence-corrected chi connectivity index (χ0v) is 13.1. The topological polar surface area (TPSA) is 46.2 Å². The fourth-order valence-corrected chi connectivity index (χ4v) is 4.08. The number of imide groups is 1. The normalized spacial score (nSPS) is 32.2. The lowest BCUT2D eigenvalue weighted by Crippen LogP contribution is -2.56. The Morgan fingerprint density at radius 2 is 1.81 bits per heavy atom. The maximum Gasteiger partial charge on any atom is 0.234 e. The van der Waals surface area contributed by atoms with Gasteiger partial charge in [0.25, 0.3) is 0 Å². The summed E-state index contributed by atoms with van der Waals surface area (Å²) in [5.41, 5.74) is 0.772. The first-order valence-corrected chi connectivity index (χ1v) is 7.88. The van der Waals surface area contributed by atoms with Gasteiger partial charge in [-0.05, 0) is 47.8 Å². The highest BCUT2D eigenvalue weighted by atomic mass is 35.5. The molecule has 2 aliphatic rings. The minimum absolute atomic E-state index is 0.132. The van der Waals surface area contributed by atoms with Crippen LogP contribution >= 0.6 is 11.6 Å². The van der Waals surface area contributed by atoms with Crippen LogP contribution in [0.5, 0.6) is 0 Å². The summed E-state index contributed by atoms with van der Waals surface area (Å²) < 4.78 is 0. The van der Waals surface area contributed by atoms with Crippen LogP contribution in [-0.4, -0.2) is 11.8 Å². The number of hydrogen-bond donors (Lipinski definition) is 1. The van der Waals surface area contributed by atoms with E-state index in [0.29, 0.717) is 23.3 Å². The number of piperidine rings is 1. The molecule has 4 heteroatoms. The molecule has 1 aromatic rings. The summed E-state index contributed by atoms with van der Waals surface area (Å²) in [6.07, 6.45) is 2.36. The van der Waals surface area contributed by atoms with E-state index in [1.807, 2.05) is 24.3 Å². The van der Waals surface area contributed by atoms with E-state index in [9.17, 15) is 9.59 Å². The largest absolute Gasteiger partial charge is 0.296 e. The molecule has 1 saturated carbocycles. The summed E-state index contributed by atoms with van der Waals surface area (Å²) in [7, 11) is 0. The summed E-state index contributed by atoms with van der Waals surface area (Å²) in [6.45, 7) is 4.42. The van der Waals surface area contributed by atoms with Gasteiger partial charge in [0.1, 0.15) is 0 Å². The lowest BCUT2D eigenvalue weighted by molar-refractivity contribution is -0.147. The van der Waals surface area contributed by atoms with Crippen LogP contribution in [0, 0.1) is 17.3 Å². The van der Waals surface area contributed by atoms with Crippen LogP contribution in [-0.2, 0) is 9.59 Å². The van der Waals surface area contributed by atoms with Crippen molar-refractivity contribution in [3.8, 4) is 0 Å². The molecule has 0 bridgehead atoms. The Balaban J connectivity index is 1.93. The first-order chi connectivity index (χ1) is 9.91. The summed E-state index contributed by atoms with van der Waals surface area (Å²) in [4.78, 5) is 24.2. The van der Waals surface area contributed by atoms with Crippen LogP contribution < -0.4 is 5.32 Å². The predicted molar refractivity (Wildman–Crippen MR) is 82.0 cm³/mol. The summed E-state index contributed by atoms with van der Waals surface area (Å²) in [5.74, 6) is 0.686. The van der Waals surface area contributed by atoms with E-state index in [-0.39, 0.29) is 23.1 Å². The van der Waals surface area contributed by atoms with E-state index in [4.69, 9.17) is 11.6 Å². The molecular formula is C17H20ClNO2. The van der Waals surface area contributed by atoms with Crippen LogP contribution in [0.25, 0.3) is 0 Å². The summed E-state index contributed by atoms with van der Waals surface area (Å²) >= 11 is 5.94. The minimum atomic E-state index is -0.234. The van der Waals surface area contributed by atoms with Gasteiger partial charge in [-0.15, -0.1) is 0 Å². The second kappa shape index (κ2) is 5.13. The molecule has 1 heterocycles. The van der Waals surface area contributed by atoms with Gasteiger partial charge in [0.2, 0.25) is 11.8 Å². The molecule has 3 nitrogen and oxygen atoms in total. The van der Waals surface area contributed by atoms with Crippen molar-refractivity contribution in [1.29, 1.82) is 0 Å². The third-order valence-corrected chi connectivity index (χ3v) is 5.39. The van der Waals surface area contributed by atoms with Crippen LogP contribution in [0.1, 0.15) is 44.6 Å². The molecule has 1 unspecified atom stereocenters. The maximum absolute atomic E-state index is 12.4. The van der Waals surface area contributed by atoms with E-state index in [0.717, 1.165) is 18.4 Å². The highest BCUT2D eigenvalue weighted by Gasteiger charge is 2.56. The molecule has 1 saturated heterocycles. The van der Waals surface area contributed by atoms with Crippen molar-refractivity contribution in [2.45, 2.75) is 39.0 Å². The van der Waals surface area contributed by atoms with Gasteiger partial charge in [-0.25, -0.2) is 0 Å². The minimum Gasteiger partial charge on any atom is -0.296 e. The van der Waals surface area contributed by atoms with Gasteiger partial charge in [-0.3, -0.25) is 14.9 Å². The zero-order chi connectivity index (χ0) is 15.2. The lowest BCUT2D eigenvalue weighted by Gasteiger charge is -2.55. The molecule has 21 heavy (non-hydrogen) atoms. The van der Waals surface area contributed by atoms with Gasteiger partial charge in [-0.1, -0.05) is 37.6 Å². The average molecular weight is 306 g/mol. The standard InChI is InChI=1S/C17H20ClNO2/c1-10(2)12-7-17(8-12)9-14(20)19-16(21)15(17)11-3-5-13(18)6-4-11/h3-6,10,12,15H,7-9H2,1-2H3,(H,19,20,21). The monoisotopic (exact) mass is 305 g/mol. The molecule has 2 amide bonds. The van der Waals surface area contributed by atoms with E-state index < -0.39 is 0 Å². The molecule has 1 atom stereocenters. The van der Waals surface area contributed by atoms with E-state index in [1.165, 1.54) is 0 Å². The van der Waals surface area contributed by atoms with Crippen molar-refractivity contribution in [2.24, 2.45) is 17.3 Å². The van der Waals surface area contributed by atoms with Crippen molar-refractivity contribution in [2.75, 3.05) is 0 Å². The van der Waals surface area contributed by atoms with Crippen LogP contribution in [0.15, 0.2) is 24.3 Å². The number of halogens is 1. The number of nitrogens with one attached hydrogen (secondary N) is 1. The van der Waals surface area contributed by atoms with Crippen molar-refractivity contribution in [3.05, 3.63) is 34.9 Å². The van der Waals surface area contributed by atoms with Crippen LogP contribution in [0.3, 0.4) is 0 Å². The SMILES string of the molecule is CC(C)C1CC2(CC(=O)NC(=O)C2c2ccc(Cl)cc2)C1. The second-order valence-corrected chi connectivity index (χ2v) is 7.28. The molecule has 1 aliphatic carbocycles. The number of amides is 2. The maximum atomic E-state index is 12.4. The number of carbonyl (C=O) groups is 2. The fourth-order valence-electron chi connectivity index (χ4n) is 3.95. The zero-order valence-electron chi connectivity index (χ0n) is 12.4. The molecule has 112 valence electrons. The molecule has 3 rings (SSSR count). The van der Waals surface area contributed by atoms with Gasteiger partial charge in [-0.2, -0.15) is 0 Å². The summed E-state index contributed by atoms with van der Waals surface area (Å²) in [6, 6.07) is 7.44. The van der Waals surface area contributed by atoms with E-state index in [2.05, 4.69) is 19.2 Å². The summed E-state index contributed by atoms with van der Waals surface area (Å²) in [5, 5.41) is 3.16. The van der Waals surface area contributed by atoms with Crippen molar-refractivity contribution in [3.63, 3.8) is 0 Å². The number of carbonyl (C=O) groups excluding carboxylic acids is 2. The number of rotatable bonds is 2. The Bertz CT molecular complexity index is 573. The van der Waals surface area contributed by atoms with Crippen molar-refractivity contribution < 1.29 is 9.59 Å². The first-order valence-electron chi connectivity index (χ1n) is 7.50. The highest BCUT2D eigenvalue weighted by Crippen LogP contribution is 2.60. The highest BCUT2D eigenvalue weighted by molar-refractivity contribution is 6.30. The third-order valence-electron chi connectivity index (χ3n) is 5.13. The molecular weight excluding hydrogens is 286 g/mol. The molecule has 1 N–H and O–H groups in total. The van der Waals surface area contributed by atoms with Gasteiger partial charge in [0, 0.05) is 11.4 Å². The average Bonchev–Trinajstić information content (AvgIpc) is 2.36. The van der Waals surface area contributed by atoms with Crippen molar-refractivity contribution >= 4 is 23.4 Å². The van der Waals surface area contributed by atoms with E-state index in [1.54, 1.807) is 0 Å². The Morgan fingerprint density at radius 1 is 1.19 bits per heavy atom.